The monoisotopic (exact) mass is 343 g/mol. The first-order chi connectivity index (χ1) is 10.0. The van der Waals surface area contributed by atoms with Crippen LogP contribution in [0.4, 0.5) is 4.39 Å². The van der Waals surface area contributed by atoms with Crippen molar-refractivity contribution in [2.45, 2.75) is 12.5 Å². The third-order valence-electron chi connectivity index (χ3n) is 2.78. The van der Waals surface area contributed by atoms with Crippen molar-refractivity contribution in [2.75, 3.05) is 0 Å². The molecule has 0 spiro atoms. The summed E-state index contributed by atoms with van der Waals surface area (Å²) in [6.45, 7) is -0.0629. The predicted octanol–water partition coefficient (Wildman–Crippen LogP) is 5.32. The largest absolute Gasteiger partial charge is 0.487 e. The van der Waals surface area contributed by atoms with Crippen LogP contribution in [-0.4, -0.2) is 0 Å². The molecule has 0 amide bonds. The van der Waals surface area contributed by atoms with Crippen LogP contribution in [-0.2, 0) is 12.5 Å². The number of ether oxygens (including phenoxy) is 1. The normalized spacial score (nSPS) is 10.2. The number of hydrogen-bond acceptors (Lipinski definition) is 2. The minimum atomic E-state index is -0.452. The minimum absolute atomic E-state index is 0.0629. The molecule has 0 radical (unpaired) electrons. The Hall–Kier alpha value is -1.47. The van der Waals surface area contributed by atoms with Crippen molar-refractivity contribution in [1.82, 2.24) is 0 Å². The summed E-state index contributed by atoms with van der Waals surface area (Å²) in [6.07, 6.45) is 0. The smallest absolute Gasteiger partial charge is 0.142 e. The highest BCUT2D eigenvalue weighted by atomic mass is 35.5. The molecule has 108 valence electrons. The summed E-state index contributed by atoms with van der Waals surface area (Å²) in [5, 5.41) is 9.57. The summed E-state index contributed by atoms with van der Waals surface area (Å²) < 4.78 is 19.2. The summed E-state index contributed by atoms with van der Waals surface area (Å²) >= 11 is 17.8. The van der Waals surface area contributed by atoms with Crippen LogP contribution in [0.2, 0.25) is 10.0 Å². The van der Waals surface area contributed by atoms with E-state index < -0.39 is 5.82 Å². The van der Waals surface area contributed by atoms with Crippen molar-refractivity contribution in [2.24, 2.45) is 0 Å². The van der Waals surface area contributed by atoms with E-state index in [-0.39, 0.29) is 18.1 Å². The molecule has 0 atom stereocenters. The number of nitrogens with zero attached hydrogens (tertiary/aromatic N) is 1. The van der Waals surface area contributed by atoms with Crippen LogP contribution in [0.3, 0.4) is 0 Å². The maximum absolute atomic E-state index is 13.7. The lowest BCUT2D eigenvalue weighted by atomic mass is 10.1. The zero-order valence-corrected chi connectivity index (χ0v) is 12.9. The van der Waals surface area contributed by atoms with Crippen molar-refractivity contribution in [3.63, 3.8) is 0 Å². The summed E-state index contributed by atoms with van der Waals surface area (Å²) in [5.41, 5.74) is 1.24. The van der Waals surface area contributed by atoms with Gasteiger partial charge in [0.1, 0.15) is 18.2 Å². The molecule has 0 aliphatic rings. The summed E-state index contributed by atoms with van der Waals surface area (Å²) in [7, 11) is 0. The Balaban J connectivity index is 2.27. The van der Waals surface area contributed by atoms with E-state index in [4.69, 9.17) is 44.8 Å². The molecule has 2 rings (SSSR count). The lowest BCUT2D eigenvalue weighted by Gasteiger charge is -2.13. The molecule has 0 heterocycles. The summed E-state index contributed by atoms with van der Waals surface area (Å²) in [6, 6.07) is 9.16. The fourth-order valence-electron chi connectivity index (χ4n) is 1.78. The van der Waals surface area contributed by atoms with E-state index in [2.05, 4.69) is 0 Å². The van der Waals surface area contributed by atoms with E-state index in [9.17, 15) is 4.39 Å². The Bertz CT molecular complexity index is 713. The Morgan fingerprint density at radius 2 is 1.90 bits per heavy atom. The molecule has 0 aliphatic heterocycles. The van der Waals surface area contributed by atoms with Gasteiger partial charge in [0.05, 0.1) is 22.5 Å². The molecule has 0 saturated carbocycles. The van der Waals surface area contributed by atoms with Crippen LogP contribution in [0.5, 0.6) is 5.75 Å². The van der Waals surface area contributed by atoms with E-state index in [0.29, 0.717) is 26.9 Å². The van der Waals surface area contributed by atoms with Crippen molar-refractivity contribution in [3.05, 3.63) is 62.9 Å². The van der Waals surface area contributed by atoms with E-state index >= 15 is 0 Å². The van der Waals surface area contributed by atoms with Gasteiger partial charge in [0.15, 0.2) is 0 Å². The fraction of sp³-hybridized carbons (Fsp3) is 0.133. The van der Waals surface area contributed by atoms with Crippen LogP contribution in [0.1, 0.15) is 16.7 Å². The SMILES string of the molecule is N#Cc1ccc(F)c(COc2c(Cl)cc(Cl)cc2CCl)c1. The van der Waals surface area contributed by atoms with Gasteiger partial charge in [-0.25, -0.2) is 4.39 Å². The first-order valence-electron chi connectivity index (χ1n) is 5.90. The van der Waals surface area contributed by atoms with E-state index in [1.807, 2.05) is 6.07 Å². The lowest BCUT2D eigenvalue weighted by Crippen LogP contribution is -2.01. The molecule has 0 saturated heterocycles. The molecular formula is C15H9Cl3FNO. The second-order valence-electron chi connectivity index (χ2n) is 4.22. The van der Waals surface area contributed by atoms with Gasteiger partial charge in [0.25, 0.3) is 0 Å². The molecule has 0 fully saturated rings. The summed E-state index contributed by atoms with van der Waals surface area (Å²) in [5.74, 6) is 0.0698. The van der Waals surface area contributed by atoms with Gasteiger partial charge >= 0.3 is 0 Å². The van der Waals surface area contributed by atoms with Gasteiger partial charge in [-0.05, 0) is 30.3 Å². The average molecular weight is 345 g/mol. The molecule has 0 N–H and O–H groups in total. The molecule has 2 nitrogen and oxygen atoms in total. The van der Waals surface area contributed by atoms with Gasteiger partial charge in [-0.2, -0.15) is 5.26 Å². The Morgan fingerprint density at radius 1 is 1.14 bits per heavy atom. The molecule has 21 heavy (non-hydrogen) atoms. The van der Waals surface area contributed by atoms with Gasteiger partial charge in [-0.3, -0.25) is 0 Å². The molecule has 0 aliphatic carbocycles. The van der Waals surface area contributed by atoms with E-state index in [0.717, 1.165) is 0 Å². The van der Waals surface area contributed by atoms with Crippen LogP contribution in [0.15, 0.2) is 30.3 Å². The first-order valence-corrected chi connectivity index (χ1v) is 7.19. The van der Waals surface area contributed by atoms with Gasteiger partial charge in [0.2, 0.25) is 0 Å². The number of rotatable bonds is 4. The minimum Gasteiger partial charge on any atom is -0.487 e. The van der Waals surface area contributed by atoms with Crippen molar-refractivity contribution in [3.8, 4) is 11.8 Å². The van der Waals surface area contributed by atoms with Gasteiger partial charge in [-0.15, -0.1) is 11.6 Å². The molecule has 6 heteroatoms. The van der Waals surface area contributed by atoms with Crippen molar-refractivity contribution >= 4 is 34.8 Å². The highest BCUT2D eigenvalue weighted by molar-refractivity contribution is 6.36. The predicted molar refractivity (Wildman–Crippen MR) is 81.5 cm³/mol. The summed E-state index contributed by atoms with van der Waals surface area (Å²) in [4.78, 5) is 0. The number of alkyl halides is 1. The standard InChI is InChI=1S/C15H9Cl3FNO/c16-6-10-4-12(17)5-13(18)15(10)21-8-11-3-9(7-20)1-2-14(11)19/h1-5H,6,8H2. The Morgan fingerprint density at radius 3 is 2.57 bits per heavy atom. The second kappa shape index (κ2) is 7.00. The average Bonchev–Trinajstić information content (AvgIpc) is 2.47. The number of nitriles is 1. The maximum atomic E-state index is 13.7. The number of benzene rings is 2. The van der Waals surface area contributed by atoms with Gasteiger partial charge < -0.3 is 4.74 Å². The zero-order valence-electron chi connectivity index (χ0n) is 10.7. The Labute approximate surface area is 136 Å². The first kappa shape index (κ1) is 15.9. The van der Waals surface area contributed by atoms with Crippen LogP contribution < -0.4 is 4.74 Å². The third-order valence-corrected chi connectivity index (χ3v) is 3.56. The molecule has 0 aromatic heterocycles. The molecule has 0 bridgehead atoms. The van der Waals surface area contributed by atoms with Gasteiger partial charge in [0, 0.05) is 16.1 Å². The van der Waals surface area contributed by atoms with Crippen LogP contribution in [0, 0.1) is 17.1 Å². The molecule has 2 aromatic carbocycles. The second-order valence-corrected chi connectivity index (χ2v) is 5.33. The maximum Gasteiger partial charge on any atom is 0.142 e. The van der Waals surface area contributed by atoms with Gasteiger partial charge in [-0.1, -0.05) is 23.2 Å². The fourth-order valence-corrected chi connectivity index (χ4v) is 2.57. The van der Waals surface area contributed by atoms with Crippen LogP contribution >= 0.6 is 34.8 Å². The van der Waals surface area contributed by atoms with Crippen LogP contribution in [0.25, 0.3) is 0 Å². The van der Waals surface area contributed by atoms with E-state index in [1.54, 1.807) is 6.07 Å². The van der Waals surface area contributed by atoms with Crippen molar-refractivity contribution in [1.29, 1.82) is 5.26 Å². The molecule has 0 unspecified atom stereocenters. The zero-order chi connectivity index (χ0) is 15.4. The van der Waals surface area contributed by atoms with E-state index in [1.165, 1.54) is 24.3 Å². The topological polar surface area (TPSA) is 33.0 Å². The highest BCUT2D eigenvalue weighted by Gasteiger charge is 2.12. The quantitative estimate of drug-likeness (QED) is 0.703. The number of hydrogen-bond donors (Lipinski definition) is 0. The van der Waals surface area contributed by atoms with Crippen molar-refractivity contribution < 1.29 is 9.13 Å². The molecular weight excluding hydrogens is 336 g/mol. The third kappa shape index (κ3) is 3.79. The lowest BCUT2D eigenvalue weighted by molar-refractivity contribution is 0.297. The molecule has 2 aromatic rings. The number of halogens is 4. The Kier molecular flexibility index (Phi) is 5.30. The highest BCUT2D eigenvalue weighted by Crippen LogP contribution is 2.34.